The van der Waals surface area contributed by atoms with Gasteiger partial charge >= 0.3 is 0 Å². The van der Waals surface area contributed by atoms with Gasteiger partial charge in [-0.05, 0) is 31.5 Å². The van der Waals surface area contributed by atoms with Gasteiger partial charge in [-0.25, -0.2) is 5.84 Å². The van der Waals surface area contributed by atoms with Crippen LogP contribution in [0.5, 0.6) is 0 Å². The molecule has 0 saturated heterocycles. The summed E-state index contributed by atoms with van der Waals surface area (Å²) in [6.07, 6.45) is 6.45. The first kappa shape index (κ1) is 15.2. The number of pyridine rings is 1. The molecule has 0 atom stereocenters. The lowest BCUT2D eigenvalue weighted by molar-refractivity contribution is 0.0950. The predicted octanol–water partition coefficient (Wildman–Crippen LogP) is 0.945. The van der Waals surface area contributed by atoms with Gasteiger partial charge in [-0.15, -0.1) is 0 Å². The van der Waals surface area contributed by atoms with Gasteiger partial charge in [-0.2, -0.15) is 0 Å². The summed E-state index contributed by atoms with van der Waals surface area (Å²) < 4.78 is 1.91. The molecule has 1 saturated carbocycles. The number of hydrazine groups is 1. The first-order valence-electron chi connectivity index (χ1n) is 8.08. The average molecular weight is 304 g/mol. The van der Waals surface area contributed by atoms with Crippen LogP contribution < -0.4 is 16.8 Å². The number of aromatic nitrogens is 1. The van der Waals surface area contributed by atoms with E-state index in [1.807, 2.05) is 4.57 Å². The van der Waals surface area contributed by atoms with Crippen molar-refractivity contribution in [1.82, 2.24) is 14.9 Å². The van der Waals surface area contributed by atoms with E-state index in [9.17, 15) is 9.59 Å². The summed E-state index contributed by atoms with van der Waals surface area (Å²) in [7, 11) is 2.06. The Morgan fingerprint density at radius 1 is 1.32 bits per heavy atom. The van der Waals surface area contributed by atoms with E-state index in [0.29, 0.717) is 0 Å². The molecular weight excluding hydrogens is 280 g/mol. The molecule has 1 aromatic rings. The van der Waals surface area contributed by atoms with Gasteiger partial charge in [-0.3, -0.25) is 15.0 Å². The third-order valence-corrected chi connectivity index (χ3v) is 4.92. The van der Waals surface area contributed by atoms with E-state index in [1.54, 1.807) is 6.07 Å². The van der Waals surface area contributed by atoms with Crippen molar-refractivity contribution in [3.8, 4) is 0 Å². The van der Waals surface area contributed by atoms with Gasteiger partial charge in [-0.1, -0.05) is 19.3 Å². The minimum absolute atomic E-state index is 0.169. The van der Waals surface area contributed by atoms with Crippen molar-refractivity contribution < 1.29 is 4.79 Å². The Morgan fingerprint density at radius 3 is 2.73 bits per heavy atom. The number of nitrogens with one attached hydrogen (secondary N) is 1. The molecule has 2 aliphatic rings. The lowest BCUT2D eigenvalue weighted by Crippen LogP contribution is -2.41. The molecule has 1 fully saturated rings. The molecule has 3 N–H and O–H groups in total. The maximum absolute atomic E-state index is 12.9. The second-order valence-corrected chi connectivity index (χ2v) is 6.46. The van der Waals surface area contributed by atoms with Crippen LogP contribution in [0.25, 0.3) is 0 Å². The van der Waals surface area contributed by atoms with Crippen LogP contribution in [0.4, 0.5) is 0 Å². The highest BCUT2D eigenvalue weighted by molar-refractivity contribution is 5.93. The molecule has 22 heavy (non-hydrogen) atoms. The molecule has 1 amide bonds. The molecule has 0 aromatic carbocycles. The Balaban J connectivity index is 2.14. The van der Waals surface area contributed by atoms with Crippen LogP contribution >= 0.6 is 0 Å². The van der Waals surface area contributed by atoms with Gasteiger partial charge in [0.25, 0.3) is 11.5 Å². The molecule has 0 bridgehead atoms. The molecule has 1 aliphatic carbocycles. The molecule has 1 aliphatic heterocycles. The lowest BCUT2D eigenvalue weighted by atomic mass is 9.93. The van der Waals surface area contributed by atoms with Crippen LogP contribution in [-0.2, 0) is 13.0 Å². The van der Waals surface area contributed by atoms with Crippen molar-refractivity contribution in [2.24, 2.45) is 5.84 Å². The van der Waals surface area contributed by atoms with Crippen molar-refractivity contribution >= 4 is 5.91 Å². The summed E-state index contributed by atoms with van der Waals surface area (Å²) in [5.74, 6) is 4.75. The Morgan fingerprint density at radius 2 is 2.05 bits per heavy atom. The SMILES string of the molecule is CN1CCc2c(cc(C(=O)NN)c(=O)n2C2CCCCC2)C1. The maximum Gasteiger partial charge on any atom is 0.270 e. The number of hydrogen-bond acceptors (Lipinski definition) is 4. The number of nitrogens with zero attached hydrogens (tertiary/aromatic N) is 2. The number of rotatable bonds is 2. The number of nitrogen functional groups attached to an aromatic ring is 1. The number of hydrogen-bond donors (Lipinski definition) is 2. The topological polar surface area (TPSA) is 80.4 Å². The van der Waals surface area contributed by atoms with Gasteiger partial charge < -0.3 is 9.47 Å². The van der Waals surface area contributed by atoms with Crippen LogP contribution in [0.1, 0.15) is 59.8 Å². The highest BCUT2D eigenvalue weighted by Crippen LogP contribution is 2.30. The summed E-state index contributed by atoms with van der Waals surface area (Å²) in [6.45, 7) is 1.72. The molecule has 6 heteroatoms. The summed E-state index contributed by atoms with van der Waals surface area (Å²) in [5, 5.41) is 0. The third-order valence-electron chi connectivity index (χ3n) is 4.92. The van der Waals surface area contributed by atoms with E-state index >= 15 is 0 Å². The van der Waals surface area contributed by atoms with E-state index in [0.717, 1.165) is 56.5 Å². The van der Waals surface area contributed by atoms with E-state index in [1.165, 1.54) is 6.42 Å². The minimum atomic E-state index is -0.495. The van der Waals surface area contributed by atoms with E-state index in [4.69, 9.17) is 5.84 Å². The molecule has 120 valence electrons. The minimum Gasteiger partial charge on any atom is -0.309 e. The van der Waals surface area contributed by atoms with Gasteiger partial charge in [0, 0.05) is 31.2 Å². The molecule has 1 aromatic heterocycles. The van der Waals surface area contributed by atoms with E-state index in [-0.39, 0.29) is 17.2 Å². The molecular formula is C16H24N4O2. The molecule has 3 rings (SSSR count). The quantitative estimate of drug-likeness (QED) is 0.484. The smallest absolute Gasteiger partial charge is 0.270 e. The monoisotopic (exact) mass is 304 g/mol. The number of amides is 1. The van der Waals surface area contributed by atoms with Crippen molar-refractivity contribution in [2.75, 3.05) is 13.6 Å². The van der Waals surface area contributed by atoms with Crippen LogP contribution in [0.2, 0.25) is 0 Å². The molecule has 6 nitrogen and oxygen atoms in total. The van der Waals surface area contributed by atoms with E-state index in [2.05, 4.69) is 17.4 Å². The second-order valence-electron chi connectivity index (χ2n) is 6.46. The summed E-state index contributed by atoms with van der Waals surface area (Å²) >= 11 is 0. The fourth-order valence-electron chi connectivity index (χ4n) is 3.78. The highest BCUT2D eigenvalue weighted by Gasteiger charge is 2.27. The van der Waals surface area contributed by atoms with Gasteiger partial charge in [0.1, 0.15) is 5.56 Å². The maximum atomic E-state index is 12.9. The Hall–Kier alpha value is -1.66. The fourth-order valence-corrected chi connectivity index (χ4v) is 3.78. The second kappa shape index (κ2) is 6.22. The van der Waals surface area contributed by atoms with Gasteiger partial charge in [0.15, 0.2) is 0 Å². The van der Waals surface area contributed by atoms with Crippen molar-refractivity contribution in [3.63, 3.8) is 0 Å². The van der Waals surface area contributed by atoms with Crippen molar-refractivity contribution in [2.45, 2.75) is 51.1 Å². The largest absolute Gasteiger partial charge is 0.309 e. The fraction of sp³-hybridized carbons (Fsp3) is 0.625. The first-order valence-corrected chi connectivity index (χ1v) is 8.08. The standard InChI is InChI=1S/C16H24N4O2/c1-19-8-7-14-11(10-19)9-13(15(21)18-17)16(22)20(14)12-5-3-2-4-6-12/h9,12H,2-8,10,17H2,1H3,(H,18,21). The zero-order valence-electron chi connectivity index (χ0n) is 13.1. The highest BCUT2D eigenvalue weighted by atomic mass is 16.2. The zero-order valence-corrected chi connectivity index (χ0v) is 13.1. The average Bonchev–Trinajstić information content (AvgIpc) is 2.54. The van der Waals surface area contributed by atoms with Crippen molar-refractivity contribution in [1.29, 1.82) is 0 Å². The normalized spacial score (nSPS) is 19.7. The summed E-state index contributed by atoms with van der Waals surface area (Å²) in [4.78, 5) is 27.0. The molecule has 0 radical (unpaired) electrons. The Labute approximate surface area is 130 Å². The summed E-state index contributed by atoms with van der Waals surface area (Å²) in [5.41, 5.74) is 4.29. The zero-order chi connectivity index (χ0) is 15.7. The molecule has 2 heterocycles. The van der Waals surface area contributed by atoms with E-state index < -0.39 is 5.91 Å². The van der Waals surface area contributed by atoms with Gasteiger partial charge in [0.05, 0.1) is 0 Å². The molecule has 0 spiro atoms. The van der Waals surface area contributed by atoms with Crippen LogP contribution in [0.15, 0.2) is 10.9 Å². The number of likely N-dealkylation sites (N-methyl/N-ethyl adjacent to an activating group) is 1. The summed E-state index contributed by atoms with van der Waals surface area (Å²) in [6, 6.07) is 1.96. The number of fused-ring (bicyclic) bond motifs is 1. The predicted molar refractivity (Wildman–Crippen MR) is 84.5 cm³/mol. The number of nitrogens with two attached hydrogens (primary N) is 1. The van der Waals surface area contributed by atoms with Crippen LogP contribution in [-0.4, -0.2) is 29.0 Å². The van der Waals surface area contributed by atoms with Crippen LogP contribution in [0.3, 0.4) is 0 Å². The van der Waals surface area contributed by atoms with Crippen molar-refractivity contribution in [3.05, 3.63) is 33.2 Å². The third kappa shape index (κ3) is 2.68. The number of carbonyl (C=O) groups is 1. The number of carbonyl (C=O) groups excluding carboxylic acids is 1. The van der Waals surface area contributed by atoms with Crippen LogP contribution in [0, 0.1) is 0 Å². The van der Waals surface area contributed by atoms with Gasteiger partial charge in [0.2, 0.25) is 0 Å². The first-order chi connectivity index (χ1) is 10.6. The molecule has 0 unspecified atom stereocenters. The lowest BCUT2D eigenvalue weighted by Gasteiger charge is -2.32. The Bertz CT molecular complexity index is 632. The Kier molecular flexibility index (Phi) is 4.31.